The van der Waals surface area contributed by atoms with Crippen LogP contribution in [0.2, 0.25) is 0 Å². The molecule has 70 valence electrons. The molecule has 0 aliphatic heterocycles. The van der Waals surface area contributed by atoms with Gasteiger partial charge in [-0.15, -0.1) is 7.26 Å². The Balaban J connectivity index is -0.0000000270. The average Bonchev–Trinajstić information content (AvgIpc) is 1.58. The third-order valence-corrected chi connectivity index (χ3v) is 2.05. The quantitative estimate of drug-likeness (QED) is 0.472. The van der Waals surface area contributed by atoms with Crippen molar-refractivity contribution in [3.8, 4) is 0 Å². The summed E-state index contributed by atoms with van der Waals surface area (Å²) in [5, 5.41) is 0. The number of hydrogen-bond donors (Lipinski definition) is 2. The molecule has 7 nitrogen and oxygen atoms in total. The van der Waals surface area contributed by atoms with Gasteiger partial charge in [0, 0.05) is 0 Å². The average molecular weight is 263 g/mol. The molecule has 12 heteroatoms. The molecule has 0 radical (unpaired) electrons. The van der Waals surface area contributed by atoms with Crippen molar-refractivity contribution in [2.75, 3.05) is 0 Å². The van der Waals surface area contributed by atoms with Gasteiger partial charge in [0.25, 0.3) is 0 Å². The molecule has 2 atom stereocenters. The summed E-state index contributed by atoms with van der Waals surface area (Å²) < 4.78 is 51.9. The van der Waals surface area contributed by atoms with Crippen LogP contribution in [0.15, 0.2) is 0 Å². The van der Waals surface area contributed by atoms with Crippen molar-refractivity contribution in [1.29, 1.82) is 0 Å². The molecular formula is H6Mg2O7S3. The first-order valence-electron chi connectivity index (χ1n) is 1.53. The van der Waals surface area contributed by atoms with Crippen LogP contribution in [-0.2, 0) is 41.3 Å². The van der Waals surface area contributed by atoms with Gasteiger partial charge in [-0.1, -0.05) is 0 Å². The molecule has 0 saturated heterocycles. The van der Waals surface area contributed by atoms with E-state index in [1.165, 1.54) is 0 Å². The Labute approximate surface area is 114 Å². The van der Waals surface area contributed by atoms with Gasteiger partial charge in [0.1, 0.15) is 0 Å². The first kappa shape index (κ1) is 19.4. The van der Waals surface area contributed by atoms with Crippen LogP contribution < -0.4 is 0 Å². The Kier molecular flexibility index (Phi) is 17.6. The van der Waals surface area contributed by atoms with E-state index in [1.54, 1.807) is 0 Å². The van der Waals surface area contributed by atoms with Crippen molar-refractivity contribution in [1.82, 2.24) is 0 Å². The molecule has 0 aliphatic carbocycles. The molecule has 2 unspecified atom stereocenters. The normalized spacial score (nSPS) is 16.5. The predicted molar refractivity (Wildman–Crippen MR) is 47.8 cm³/mol. The Morgan fingerprint density at radius 1 is 0.917 bits per heavy atom. The zero-order chi connectivity index (χ0) is 8.15. The number of rotatable bonds is 4. The van der Waals surface area contributed by atoms with Crippen molar-refractivity contribution in [3.63, 3.8) is 0 Å². The van der Waals surface area contributed by atoms with Crippen LogP contribution in [0, 0.1) is 0 Å². The van der Waals surface area contributed by atoms with Crippen LogP contribution in [0.4, 0.5) is 0 Å². The molecule has 12 heavy (non-hydrogen) atoms. The first-order valence-corrected chi connectivity index (χ1v) is 4.60. The van der Waals surface area contributed by atoms with E-state index >= 15 is 0 Å². The smallest absolute Gasteiger partial charge is 1.00 e. The Hall–Kier alpha value is 1.82. The summed E-state index contributed by atoms with van der Waals surface area (Å²) in [6.45, 7) is 0. The molecule has 0 rings (SSSR count). The fourth-order valence-electron chi connectivity index (χ4n) is 0.106. The van der Waals surface area contributed by atoms with E-state index in [0.29, 0.717) is 0 Å². The zero-order valence-corrected chi connectivity index (χ0v) is 10.9. The maximum atomic E-state index is 10.0. The van der Waals surface area contributed by atoms with E-state index in [2.05, 4.69) is 7.26 Å². The molecule has 0 spiro atoms. The van der Waals surface area contributed by atoms with Crippen LogP contribution >= 0.6 is 0 Å². The van der Waals surface area contributed by atoms with Crippen LogP contribution in [0.3, 0.4) is 0 Å². The predicted octanol–water partition coefficient (Wildman–Crippen LogP) is -1.44. The third kappa shape index (κ3) is 14.4. The van der Waals surface area contributed by atoms with E-state index in [-0.39, 0.29) is 51.8 Å². The maximum absolute atomic E-state index is 10.0. The van der Waals surface area contributed by atoms with Crippen LogP contribution in [-0.4, -0.2) is 67.8 Å². The van der Waals surface area contributed by atoms with Crippen LogP contribution in [0.25, 0.3) is 0 Å². The van der Waals surface area contributed by atoms with Gasteiger partial charge >= 0.3 is 80.2 Å². The second-order valence-corrected chi connectivity index (χ2v) is 3.14. The van der Waals surface area contributed by atoms with Gasteiger partial charge in [-0.3, -0.25) is 9.11 Å². The molecule has 0 amide bonds. The summed E-state index contributed by atoms with van der Waals surface area (Å²) in [5.74, 6) is 0. The second kappa shape index (κ2) is 10.9. The Bertz CT molecular complexity index is 172. The standard InChI is InChI=1S/2Mg.H2O7S3.4H/c;;1-8(2)6-10(5)7-9(3)4;;;;/h;;(H,1,2)(H,3,4);;;;/q2*+2;;4*-1. The molecular weight excluding hydrogens is 257 g/mol. The first-order chi connectivity index (χ1) is 4.52. The minimum atomic E-state index is -2.78. The molecule has 0 aliphatic rings. The molecule has 0 aromatic carbocycles. The molecule has 2 N–H and O–H groups in total. The van der Waals surface area contributed by atoms with Gasteiger partial charge in [0.15, 0.2) is 0 Å². The van der Waals surface area contributed by atoms with E-state index in [1.807, 2.05) is 0 Å². The monoisotopic (exact) mass is 262 g/mol. The van der Waals surface area contributed by atoms with E-state index in [4.69, 9.17) is 9.11 Å². The molecule has 0 fully saturated rings. The fraction of sp³-hybridized carbons (Fsp3) is 0. The topological polar surface area (TPSA) is 110 Å². The summed E-state index contributed by atoms with van der Waals surface area (Å²) in [7, 11) is 0. The van der Waals surface area contributed by atoms with Crippen LogP contribution in [0.5, 0.6) is 0 Å². The molecule has 0 aromatic heterocycles. The Morgan fingerprint density at radius 3 is 1.33 bits per heavy atom. The van der Waals surface area contributed by atoms with Crippen LogP contribution in [0.1, 0.15) is 5.71 Å². The van der Waals surface area contributed by atoms with Gasteiger partial charge in [0.2, 0.25) is 0 Å². The van der Waals surface area contributed by atoms with Gasteiger partial charge in [-0.05, 0) is 0 Å². The van der Waals surface area contributed by atoms with Crippen molar-refractivity contribution in [2.24, 2.45) is 0 Å². The summed E-state index contributed by atoms with van der Waals surface area (Å²) >= 11 is -8.25. The summed E-state index contributed by atoms with van der Waals surface area (Å²) in [4.78, 5) is 0. The van der Waals surface area contributed by atoms with Gasteiger partial charge in [-0.25, -0.2) is 0 Å². The maximum Gasteiger partial charge on any atom is 2.00 e. The number of hydrogen-bond acceptors (Lipinski definition) is 5. The second-order valence-electron chi connectivity index (χ2n) is 0.774. The van der Waals surface area contributed by atoms with Crippen molar-refractivity contribution in [2.45, 2.75) is 0 Å². The zero-order valence-electron chi connectivity index (χ0n) is 9.57. The van der Waals surface area contributed by atoms with Gasteiger partial charge < -0.3 is 5.71 Å². The van der Waals surface area contributed by atoms with E-state index in [9.17, 15) is 12.6 Å². The van der Waals surface area contributed by atoms with Gasteiger partial charge in [-0.2, -0.15) is 12.6 Å². The SMILES string of the molecule is O=S(O)OS(=O)OS(=O)O.[H-].[H-].[H-].[H-].[Mg+2].[Mg+2]. The largest absolute Gasteiger partial charge is 2.00 e. The fourth-order valence-corrected chi connectivity index (χ4v) is 1.16. The van der Waals surface area contributed by atoms with E-state index < -0.39 is 34.1 Å². The minimum Gasteiger partial charge on any atom is -1.00 e. The van der Waals surface area contributed by atoms with E-state index in [0.717, 1.165) is 0 Å². The van der Waals surface area contributed by atoms with Crippen molar-refractivity contribution >= 4 is 80.2 Å². The van der Waals surface area contributed by atoms with Crippen molar-refractivity contribution in [3.05, 3.63) is 0 Å². The minimum absolute atomic E-state index is 0. The molecule has 0 heterocycles. The summed E-state index contributed by atoms with van der Waals surface area (Å²) in [6.07, 6.45) is 0. The molecule has 0 aromatic rings. The summed E-state index contributed by atoms with van der Waals surface area (Å²) in [6, 6.07) is 0. The molecule has 0 saturated carbocycles. The molecule has 0 bridgehead atoms. The third-order valence-electron chi connectivity index (χ3n) is 0.228. The van der Waals surface area contributed by atoms with Gasteiger partial charge in [0.05, 0.1) is 0 Å². The summed E-state index contributed by atoms with van der Waals surface area (Å²) in [5.41, 5.74) is 0. The van der Waals surface area contributed by atoms with Crippen molar-refractivity contribution < 1.29 is 34.7 Å². The Morgan fingerprint density at radius 2 is 1.17 bits per heavy atom.